The highest BCUT2D eigenvalue weighted by Crippen LogP contribution is 2.49. The number of carbonyl (C=O) groups is 1. The molecule has 0 spiro atoms. The van der Waals surface area contributed by atoms with Crippen LogP contribution in [-0.4, -0.2) is 85.6 Å². The van der Waals surface area contributed by atoms with Crippen LogP contribution >= 0.6 is 0 Å². The number of hydrogen-bond donors (Lipinski definition) is 1. The topological polar surface area (TPSA) is 66.9 Å². The maximum absolute atomic E-state index is 15.4. The fourth-order valence-electron chi connectivity index (χ4n) is 6.83. The molecule has 0 radical (unpaired) electrons. The van der Waals surface area contributed by atoms with Crippen LogP contribution in [0.3, 0.4) is 0 Å². The molecule has 1 amide bonds. The Morgan fingerprint density at radius 2 is 2.05 bits per heavy atom. The van der Waals surface area contributed by atoms with Crippen molar-refractivity contribution in [2.75, 3.05) is 38.3 Å². The number of anilines is 1. The van der Waals surface area contributed by atoms with E-state index >= 15 is 4.39 Å². The summed E-state index contributed by atoms with van der Waals surface area (Å²) in [6.07, 6.45) is -1.69. The molecule has 11 heteroatoms. The molecule has 7 nitrogen and oxygen atoms in total. The molecule has 7 atom stereocenters. The molecular formula is C26H36F4N4O3. The van der Waals surface area contributed by atoms with Gasteiger partial charge in [-0.15, -0.1) is 0 Å². The van der Waals surface area contributed by atoms with Gasteiger partial charge in [0.05, 0.1) is 35.8 Å². The molecule has 2 bridgehead atoms. The van der Waals surface area contributed by atoms with E-state index in [9.17, 15) is 18.0 Å². The molecule has 4 aliphatic rings. The van der Waals surface area contributed by atoms with Crippen molar-refractivity contribution in [1.82, 2.24) is 15.2 Å². The first-order chi connectivity index (χ1) is 17.5. The van der Waals surface area contributed by atoms with Gasteiger partial charge in [0.2, 0.25) is 5.91 Å². The van der Waals surface area contributed by atoms with Crippen LogP contribution in [0, 0.1) is 11.3 Å². The van der Waals surface area contributed by atoms with Crippen molar-refractivity contribution in [2.45, 2.75) is 82.2 Å². The summed E-state index contributed by atoms with van der Waals surface area (Å²) in [4.78, 5) is 21.4. The van der Waals surface area contributed by atoms with Crippen molar-refractivity contribution in [2.24, 2.45) is 11.3 Å². The zero-order valence-electron chi connectivity index (χ0n) is 21.5. The van der Waals surface area contributed by atoms with Crippen LogP contribution < -0.4 is 10.2 Å². The largest absolute Gasteiger partial charge is 0.416 e. The van der Waals surface area contributed by atoms with Gasteiger partial charge in [0, 0.05) is 45.1 Å². The molecule has 1 aliphatic carbocycles. The highest BCUT2D eigenvalue weighted by atomic mass is 19.4. The van der Waals surface area contributed by atoms with Crippen molar-refractivity contribution in [1.29, 1.82) is 0 Å². The highest BCUT2D eigenvalue weighted by Gasteiger charge is 2.59. The number of nitrogens with zero attached hydrogens (tertiary/aromatic N) is 3. The molecule has 206 valence electrons. The van der Waals surface area contributed by atoms with Crippen molar-refractivity contribution >= 4 is 11.7 Å². The predicted molar refractivity (Wildman–Crippen MR) is 129 cm³/mol. The van der Waals surface area contributed by atoms with Gasteiger partial charge < -0.3 is 24.6 Å². The smallest absolute Gasteiger partial charge is 0.379 e. The van der Waals surface area contributed by atoms with Gasteiger partial charge in [-0.05, 0) is 43.7 Å². The van der Waals surface area contributed by atoms with Crippen molar-refractivity contribution < 1.29 is 31.8 Å². The number of aromatic nitrogens is 1. The van der Waals surface area contributed by atoms with E-state index < -0.39 is 35.4 Å². The number of rotatable bonds is 6. The van der Waals surface area contributed by atoms with Crippen molar-refractivity contribution in [3.05, 3.63) is 23.9 Å². The summed E-state index contributed by atoms with van der Waals surface area (Å²) in [5, 5.41) is 3.70. The third-order valence-corrected chi connectivity index (χ3v) is 9.07. The molecule has 1 aromatic rings. The highest BCUT2D eigenvalue weighted by molar-refractivity contribution is 5.85. The van der Waals surface area contributed by atoms with Crippen LogP contribution in [0.2, 0.25) is 0 Å². The number of piperazine rings is 1. The fraction of sp³-hybridized carbons (Fsp3) is 0.769. The van der Waals surface area contributed by atoms with Crippen molar-refractivity contribution in [3.8, 4) is 0 Å². The first-order valence-corrected chi connectivity index (χ1v) is 13.2. The van der Waals surface area contributed by atoms with Crippen LogP contribution in [-0.2, 0) is 20.4 Å². The third kappa shape index (κ3) is 4.71. The molecule has 3 aliphatic heterocycles. The molecule has 1 N–H and O–H groups in total. The van der Waals surface area contributed by atoms with E-state index in [1.54, 1.807) is 16.9 Å². The summed E-state index contributed by atoms with van der Waals surface area (Å²) in [6.45, 7) is 5.60. The molecule has 1 aromatic heterocycles. The minimum Gasteiger partial charge on any atom is -0.379 e. The van der Waals surface area contributed by atoms with E-state index in [2.05, 4.69) is 10.3 Å². The number of methoxy groups -OCH3 is 1. The molecule has 5 rings (SSSR count). The summed E-state index contributed by atoms with van der Waals surface area (Å²) >= 11 is 0. The Morgan fingerprint density at radius 3 is 2.70 bits per heavy atom. The summed E-state index contributed by atoms with van der Waals surface area (Å²) in [5.74, 6) is 0.136. The summed E-state index contributed by atoms with van der Waals surface area (Å²) in [5.41, 5.74) is -1.42. The molecular weight excluding hydrogens is 492 g/mol. The van der Waals surface area contributed by atoms with Gasteiger partial charge in [0.25, 0.3) is 0 Å². The van der Waals surface area contributed by atoms with Crippen LogP contribution in [0.1, 0.15) is 45.1 Å². The zero-order valence-corrected chi connectivity index (χ0v) is 21.5. The first kappa shape index (κ1) is 26.6. The summed E-state index contributed by atoms with van der Waals surface area (Å²) in [7, 11) is 1.68. The van der Waals surface area contributed by atoms with Crippen LogP contribution in [0.4, 0.5) is 23.4 Å². The second kappa shape index (κ2) is 9.96. The van der Waals surface area contributed by atoms with Gasteiger partial charge in [-0.2, -0.15) is 13.2 Å². The Hall–Kier alpha value is -1.98. The lowest BCUT2D eigenvalue weighted by Gasteiger charge is -2.41. The predicted octanol–water partition coefficient (Wildman–Crippen LogP) is 3.43. The standard InChI is InChI=1S/C26H36F4N4O3/c1-15(2)25(7-4-17(11-25)32-18-6-9-37-14-21(18)36-3)24(35)34-13-19-23(27)20(34)12-33(19)22-10-16(5-8-31-22)26(28,29)30/h5,8,10,15,17-21,23,32H,4,6-7,9,11-14H2,1-3H3/t17-,18+,19-,20-,21-,23+,25+/m1/s1. The molecule has 0 aromatic carbocycles. The lowest BCUT2D eigenvalue weighted by Crippen LogP contribution is -2.55. The van der Waals surface area contributed by atoms with Crippen LogP contribution in [0.15, 0.2) is 18.3 Å². The second-order valence-electron chi connectivity index (χ2n) is 11.3. The summed E-state index contributed by atoms with van der Waals surface area (Å²) in [6, 6.07) is 0.796. The molecule has 1 saturated carbocycles. The molecule has 0 unspecified atom stereocenters. The number of nitrogens with one attached hydrogen (secondary N) is 1. The van der Waals surface area contributed by atoms with Gasteiger partial charge in [0.15, 0.2) is 0 Å². The van der Waals surface area contributed by atoms with E-state index in [1.165, 1.54) is 0 Å². The van der Waals surface area contributed by atoms with Crippen LogP contribution in [0.5, 0.6) is 0 Å². The minimum atomic E-state index is -4.50. The fourth-order valence-corrected chi connectivity index (χ4v) is 6.83. The Morgan fingerprint density at radius 1 is 1.27 bits per heavy atom. The first-order valence-electron chi connectivity index (χ1n) is 13.2. The number of alkyl halides is 4. The zero-order chi connectivity index (χ0) is 26.5. The normalized spacial score (nSPS) is 36.1. The Bertz CT molecular complexity index is 995. The number of fused-ring (bicyclic) bond motifs is 2. The lowest BCUT2D eigenvalue weighted by molar-refractivity contribution is -0.146. The van der Waals surface area contributed by atoms with E-state index in [4.69, 9.17) is 9.47 Å². The number of ether oxygens (including phenoxy) is 2. The molecule has 4 heterocycles. The Balaban J connectivity index is 1.29. The van der Waals surface area contributed by atoms with E-state index in [-0.39, 0.29) is 48.9 Å². The minimum absolute atomic E-state index is 0.0319. The number of halogens is 4. The monoisotopic (exact) mass is 528 g/mol. The maximum atomic E-state index is 15.4. The molecule has 3 saturated heterocycles. The number of hydrogen-bond acceptors (Lipinski definition) is 6. The van der Waals surface area contributed by atoms with E-state index in [0.29, 0.717) is 26.1 Å². The van der Waals surface area contributed by atoms with Gasteiger partial charge in [-0.1, -0.05) is 13.8 Å². The van der Waals surface area contributed by atoms with Crippen molar-refractivity contribution in [3.63, 3.8) is 0 Å². The van der Waals surface area contributed by atoms with E-state index in [1.807, 2.05) is 13.8 Å². The second-order valence-corrected chi connectivity index (χ2v) is 11.3. The van der Waals surface area contributed by atoms with Gasteiger partial charge in [-0.25, -0.2) is 9.37 Å². The number of likely N-dealkylation sites (tertiary alicyclic amines) is 1. The maximum Gasteiger partial charge on any atom is 0.416 e. The number of carbonyl (C=O) groups excluding carboxylic acids is 1. The quantitative estimate of drug-likeness (QED) is 0.571. The Kier molecular flexibility index (Phi) is 7.17. The van der Waals surface area contributed by atoms with Crippen LogP contribution in [0.25, 0.3) is 0 Å². The third-order valence-electron chi connectivity index (χ3n) is 9.07. The van der Waals surface area contributed by atoms with Gasteiger partial charge in [-0.3, -0.25) is 4.79 Å². The number of amides is 1. The molecule has 4 fully saturated rings. The van der Waals surface area contributed by atoms with E-state index in [0.717, 1.165) is 31.2 Å². The summed E-state index contributed by atoms with van der Waals surface area (Å²) < 4.78 is 66.1. The lowest BCUT2D eigenvalue weighted by atomic mass is 9.74. The Labute approximate surface area is 214 Å². The SMILES string of the molecule is CO[C@@H]1COCC[C@@H]1N[C@@H]1CC[C@@](C(=O)N2C[C@@H]3[C@H](F)[C@H]2CN3c2cc(C(F)(F)F)ccn2)(C(C)C)C1. The van der Waals surface area contributed by atoms with Gasteiger partial charge in [0.1, 0.15) is 12.0 Å². The number of pyridine rings is 1. The molecule has 37 heavy (non-hydrogen) atoms. The average molecular weight is 529 g/mol. The van der Waals surface area contributed by atoms with Gasteiger partial charge >= 0.3 is 6.18 Å². The average Bonchev–Trinajstić information content (AvgIpc) is 3.55.